The second kappa shape index (κ2) is 3.94. The van der Waals surface area contributed by atoms with Crippen LogP contribution in [0.15, 0.2) is 0 Å². The van der Waals surface area contributed by atoms with Crippen LogP contribution in [0, 0.1) is 0 Å². The van der Waals surface area contributed by atoms with Crippen LogP contribution < -0.4 is 5.32 Å². The first-order chi connectivity index (χ1) is 4.83. The van der Waals surface area contributed by atoms with Crippen LogP contribution in [0.25, 0.3) is 0 Å². The first kappa shape index (κ1) is 8.02. The highest BCUT2D eigenvalue weighted by Gasteiger charge is 2.16. The molecule has 0 unspecified atom stereocenters. The van der Waals surface area contributed by atoms with Gasteiger partial charge in [-0.1, -0.05) is 6.42 Å². The average Bonchev–Trinajstić information content (AvgIpc) is 1.88. The first-order valence-corrected chi connectivity index (χ1v) is 4.20. The van der Waals surface area contributed by atoms with E-state index in [-0.39, 0.29) is 0 Å². The summed E-state index contributed by atoms with van der Waals surface area (Å²) in [5, 5.41) is 12.1. The van der Waals surface area contributed by atoms with Crippen molar-refractivity contribution >= 4 is 0 Å². The molecule has 0 aromatic rings. The summed E-state index contributed by atoms with van der Waals surface area (Å²) in [7, 11) is 0. The Kier molecular flexibility index (Phi) is 3.16. The molecule has 10 heavy (non-hydrogen) atoms. The van der Waals surface area contributed by atoms with Crippen LogP contribution in [0.2, 0.25) is 0 Å². The summed E-state index contributed by atoms with van der Waals surface area (Å²) in [6.45, 7) is 2.54. The molecule has 0 amide bonds. The van der Waals surface area contributed by atoms with E-state index in [9.17, 15) is 0 Å². The van der Waals surface area contributed by atoms with Gasteiger partial charge in [-0.05, 0) is 26.2 Å². The third-order valence-corrected chi connectivity index (χ3v) is 2.19. The van der Waals surface area contributed by atoms with Gasteiger partial charge in [-0.3, -0.25) is 0 Å². The van der Waals surface area contributed by atoms with E-state index >= 15 is 0 Å². The molecular formula is C8H17NO. The molecule has 0 radical (unpaired) electrons. The second-order valence-corrected chi connectivity index (χ2v) is 3.21. The van der Waals surface area contributed by atoms with Crippen LogP contribution in [0.3, 0.4) is 0 Å². The zero-order valence-corrected chi connectivity index (χ0v) is 6.64. The highest BCUT2D eigenvalue weighted by molar-refractivity contribution is 4.76. The van der Waals surface area contributed by atoms with Gasteiger partial charge in [-0.15, -0.1) is 0 Å². The van der Waals surface area contributed by atoms with Crippen LogP contribution in [-0.2, 0) is 0 Å². The van der Waals surface area contributed by atoms with Gasteiger partial charge in [0.25, 0.3) is 0 Å². The van der Waals surface area contributed by atoms with E-state index in [2.05, 4.69) is 12.2 Å². The minimum Gasteiger partial charge on any atom is -0.396 e. The lowest BCUT2D eigenvalue weighted by molar-refractivity contribution is 0.235. The number of hydrogen-bond acceptors (Lipinski definition) is 2. The summed E-state index contributed by atoms with van der Waals surface area (Å²) < 4.78 is 0. The van der Waals surface area contributed by atoms with Gasteiger partial charge in [0.15, 0.2) is 0 Å². The standard InChI is InChI=1S/C8H17NO/c1-7-3-2-4-8(9-7)5-6-10/h7-10H,2-6H2,1H3/t7-,8-/m0/s1. The molecule has 2 atom stereocenters. The van der Waals surface area contributed by atoms with Crippen molar-refractivity contribution in [2.75, 3.05) is 6.61 Å². The molecule has 1 fully saturated rings. The van der Waals surface area contributed by atoms with E-state index < -0.39 is 0 Å². The fourth-order valence-corrected chi connectivity index (χ4v) is 1.62. The monoisotopic (exact) mass is 143 g/mol. The number of hydrogen-bond donors (Lipinski definition) is 2. The third-order valence-electron chi connectivity index (χ3n) is 2.19. The van der Waals surface area contributed by atoms with Gasteiger partial charge in [0.2, 0.25) is 0 Å². The van der Waals surface area contributed by atoms with Crippen molar-refractivity contribution in [2.45, 2.75) is 44.7 Å². The molecule has 0 bridgehead atoms. The molecule has 1 rings (SSSR count). The maximum Gasteiger partial charge on any atom is 0.0445 e. The van der Waals surface area contributed by atoms with Gasteiger partial charge in [0.1, 0.15) is 0 Å². The molecule has 0 aromatic heterocycles. The van der Waals surface area contributed by atoms with E-state index in [4.69, 9.17) is 5.11 Å². The lowest BCUT2D eigenvalue weighted by Crippen LogP contribution is -2.40. The fourth-order valence-electron chi connectivity index (χ4n) is 1.62. The topological polar surface area (TPSA) is 32.3 Å². The molecule has 0 aliphatic carbocycles. The maximum absolute atomic E-state index is 8.66. The van der Waals surface area contributed by atoms with E-state index in [0.29, 0.717) is 18.7 Å². The molecule has 0 aromatic carbocycles. The Bertz CT molecular complexity index is 93.3. The molecular weight excluding hydrogens is 126 g/mol. The molecule has 0 spiro atoms. The summed E-state index contributed by atoms with van der Waals surface area (Å²) in [6.07, 6.45) is 4.77. The Balaban J connectivity index is 2.18. The van der Waals surface area contributed by atoms with Crippen molar-refractivity contribution in [2.24, 2.45) is 0 Å². The van der Waals surface area contributed by atoms with Gasteiger partial charge in [0.05, 0.1) is 0 Å². The van der Waals surface area contributed by atoms with Gasteiger partial charge in [-0.2, -0.15) is 0 Å². The summed E-state index contributed by atoms with van der Waals surface area (Å²) in [5.41, 5.74) is 0. The summed E-state index contributed by atoms with van der Waals surface area (Å²) in [6, 6.07) is 1.24. The number of piperidine rings is 1. The highest BCUT2D eigenvalue weighted by Crippen LogP contribution is 2.13. The molecule has 0 saturated carbocycles. The number of aliphatic hydroxyl groups excluding tert-OH is 1. The van der Waals surface area contributed by atoms with E-state index in [1.54, 1.807) is 0 Å². The lowest BCUT2D eigenvalue weighted by Gasteiger charge is -2.28. The molecule has 1 heterocycles. The Morgan fingerprint density at radius 1 is 1.50 bits per heavy atom. The number of aliphatic hydroxyl groups is 1. The van der Waals surface area contributed by atoms with Crippen molar-refractivity contribution in [1.82, 2.24) is 5.32 Å². The smallest absolute Gasteiger partial charge is 0.0445 e. The van der Waals surface area contributed by atoms with Crippen molar-refractivity contribution in [3.8, 4) is 0 Å². The van der Waals surface area contributed by atoms with E-state index in [0.717, 1.165) is 6.42 Å². The predicted octanol–water partition coefficient (Wildman–Crippen LogP) is 0.899. The van der Waals surface area contributed by atoms with Crippen LogP contribution >= 0.6 is 0 Å². The number of nitrogens with one attached hydrogen (secondary N) is 1. The van der Waals surface area contributed by atoms with Gasteiger partial charge in [0, 0.05) is 18.7 Å². The Morgan fingerprint density at radius 2 is 2.30 bits per heavy atom. The van der Waals surface area contributed by atoms with Crippen molar-refractivity contribution in [3.05, 3.63) is 0 Å². The summed E-state index contributed by atoms with van der Waals surface area (Å²) >= 11 is 0. The average molecular weight is 143 g/mol. The van der Waals surface area contributed by atoms with Crippen LogP contribution in [0.4, 0.5) is 0 Å². The van der Waals surface area contributed by atoms with Crippen molar-refractivity contribution in [3.63, 3.8) is 0 Å². The summed E-state index contributed by atoms with van der Waals surface area (Å²) in [5.74, 6) is 0. The highest BCUT2D eigenvalue weighted by atomic mass is 16.3. The Labute approximate surface area is 62.6 Å². The predicted molar refractivity (Wildman–Crippen MR) is 41.9 cm³/mol. The Morgan fingerprint density at radius 3 is 2.90 bits per heavy atom. The largest absolute Gasteiger partial charge is 0.396 e. The van der Waals surface area contributed by atoms with Crippen LogP contribution in [0.1, 0.15) is 32.6 Å². The molecule has 1 aliphatic heterocycles. The van der Waals surface area contributed by atoms with E-state index in [1.165, 1.54) is 19.3 Å². The zero-order chi connectivity index (χ0) is 7.40. The second-order valence-electron chi connectivity index (χ2n) is 3.21. The molecule has 2 nitrogen and oxygen atoms in total. The fraction of sp³-hybridized carbons (Fsp3) is 1.00. The lowest BCUT2D eigenvalue weighted by atomic mass is 9.98. The van der Waals surface area contributed by atoms with Crippen LogP contribution in [0.5, 0.6) is 0 Å². The quantitative estimate of drug-likeness (QED) is 0.602. The molecule has 1 aliphatic rings. The maximum atomic E-state index is 8.66. The van der Waals surface area contributed by atoms with Crippen LogP contribution in [-0.4, -0.2) is 23.8 Å². The van der Waals surface area contributed by atoms with Gasteiger partial charge < -0.3 is 10.4 Å². The molecule has 2 heteroatoms. The Hall–Kier alpha value is -0.0800. The summed E-state index contributed by atoms with van der Waals surface area (Å²) in [4.78, 5) is 0. The van der Waals surface area contributed by atoms with Crippen molar-refractivity contribution < 1.29 is 5.11 Å². The minimum atomic E-state index is 0.324. The van der Waals surface area contributed by atoms with E-state index in [1.807, 2.05) is 0 Å². The van der Waals surface area contributed by atoms with Gasteiger partial charge in [-0.25, -0.2) is 0 Å². The molecule has 60 valence electrons. The minimum absolute atomic E-state index is 0.324. The molecule has 2 N–H and O–H groups in total. The SMILES string of the molecule is C[C@H]1CCC[C@@H](CCO)N1. The zero-order valence-electron chi connectivity index (χ0n) is 6.64. The van der Waals surface area contributed by atoms with Gasteiger partial charge >= 0.3 is 0 Å². The first-order valence-electron chi connectivity index (χ1n) is 4.20. The number of rotatable bonds is 2. The molecule has 1 saturated heterocycles. The normalized spacial score (nSPS) is 34.2. The van der Waals surface area contributed by atoms with Crippen molar-refractivity contribution in [1.29, 1.82) is 0 Å². The third kappa shape index (κ3) is 2.27.